The highest BCUT2D eigenvalue weighted by atomic mass is 31.2. The number of nitrogens with zero attached hydrogens (tertiary/aromatic N) is 1. The van der Waals surface area contributed by atoms with Crippen LogP contribution in [0.15, 0.2) is 60.8 Å². The number of esters is 2. The van der Waals surface area contributed by atoms with Crippen LogP contribution >= 0.6 is 7.82 Å². The Balaban J connectivity index is 4.57. The van der Waals surface area contributed by atoms with Crippen molar-refractivity contribution in [2.75, 3.05) is 47.5 Å². The molecular weight excluding hydrogens is 653 g/mol. The molecule has 50 heavy (non-hydrogen) atoms. The van der Waals surface area contributed by atoms with Gasteiger partial charge in [0.1, 0.15) is 19.8 Å². The third-order valence-corrected chi connectivity index (χ3v) is 8.59. The Morgan fingerprint density at radius 3 is 1.92 bits per heavy atom. The van der Waals surface area contributed by atoms with Gasteiger partial charge in [-0.15, -0.1) is 0 Å². The normalized spacial score (nSPS) is 14.4. The summed E-state index contributed by atoms with van der Waals surface area (Å²) in [5, 5.41) is 0. The van der Waals surface area contributed by atoms with Crippen molar-refractivity contribution in [3.8, 4) is 0 Å². The molecule has 2 atom stereocenters. The molecule has 0 aliphatic heterocycles. The number of ether oxygens (including phenoxy) is 2. The Labute approximate surface area is 305 Å². The summed E-state index contributed by atoms with van der Waals surface area (Å²) in [6.07, 6.45) is 37.2. The molecule has 0 fully saturated rings. The second kappa shape index (κ2) is 32.6. The van der Waals surface area contributed by atoms with Gasteiger partial charge in [0.2, 0.25) is 0 Å². The topological polar surface area (TPSA) is 108 Å². The third-order valence-electron chi connectivity index (χ3n) is 7.61. The fourth-order valence-electron chi connectivity index (χ4n) is 4.59. The van der Waals surface area contributed by atoms with Crippen molar-refractivity contribution in [1.82, 2.24) is 0 Å². The lowest BCUT2D eigenvalue weighted by atomic mass is 10.1. The summed E-state index contributed by atoms with van der Waals surface area (Å²) < 4.78 is 34.0. The Kier molecular flexibility index (Phi) is 31.1. The number of carbonyl (C=O) groups is 2. The number of phosphoric acid groups is 1. The van der Waals surface area contributed by atoms with E-state index in [2.05, 4.69) is 44.2 Å². The standard InChI is InChI=1S/C40H70NO8P/c1-6-8-10-12-14-16-18-20-22-24-26-28-30-32-39(42)46-36-38(37-48-50(44,45)47-35-34-41(3,4)5)49-40(43)33-31-29-27-25-23-21-19-17-15-13-11-9-7-2/h9,11,13,15,17,19-20,22,26,28,38H,6-8,10,12,14,16,18,21,23-25,27,29-37H2,1-5H3/p+1/b11-9+,15-13+,19-17+,22-20+,28-26+. The lowest BCUT2D eigenvalue weighted by Crippen LogP contribution is -2.37. The smallest absolute Gasteiger partial charge is 0.462 e. The molecular formula is C40H71NO8P+. The molecule has 0 radical (unpaired) electrons. The average molecular weight is 725 g/mol. The number of quaternary nitrogens is 1. The number of hydrogen-bond acceptors (Lipinski definition) is 7. The van der Waals surface area contributed by atoms with Crippen molar-refractivity contribution in [3.05, 3.63) is 60.8 Å². The van der Waals surface area contributed by atoms with Crippen LogP contribution in [0.25, 0.3) is 0 Å². The van der Waals surface area contributed by atoms with Crippen LogP contribution in [-0.2, 0) is 32.7 Å². The number of phosphoric ester groups is 1. The van der Waals surface area contributed by atoms with E-state index in [1.165, 1.54) is 38.5 Å². The molecule has 0 bridgehead atoms. The van der Waals surface area contributed by atoms with Gasteiger partial charge in [-0.05, 0) is 51.4 Å². The van der Waals surface area contributed by atoms with Gasteiger partial charge in [-0.2, -0.15) is 0 Å². The molecule has 2 unspecified atom stereocenters. The Bertz CT molecular complexity index is 1040. The molecule has 1 N–H and O–H groups in total. The van der Waals surface area contributed by atoms with E-state index in [0.717, 1.165) is 51.4 Å². The SMILES string of the molecule is CC/C=C/C=C/C=C/CCCCCCCC(=O)OC(COC(=O)CC/C=C/C/C=C/CCCCCCCC)COP(=O)(O)OCC[N+](C)(C)C. The highest BCUT2D eigenvalue weighted by Crippen LogP contribution is 2.43. The van der Waals surface area contributed by atoms with Gasteiger partial charge in [0, 0.05) is 12.8 Å². The maximum absolute atomic E-state index is 12.6. The Hall–Kier alpha value is -2.29. The fourth-order valence-corrected chi connectivity index (χ4v) is 5.34. The maximum Gasteiger partial charge on any atom is 0.472 e. The molecule has 0 amide bonds. The van der Waals surface area contributed by atoms with Gasteiger partial charge in [-0.25, -0.2) is 4.57 Å². The van der Waals surface area contributed by atoms with Crippen LogP contribution in [0.1, 0.15) is 129 Å². The van der Waals surface area contributed by atoms with E-state index in [0.29, 0.717) is 23.9 Å². The Morgan fingerprint density at radius 2 is 1.26 bits per heavy atom. The highest BCUT2D eigenvalue weighted by Gasteiger charge is 2.27. The zero-order chi connectivity index (χ0) is 37.2. The molecule has 0 rings (SSSR count). The quantitative estimate of drug-likeness (QED) is 0.0178. The predicted molar refractivity (Wildman–Crippen MR) is 206 cm³/mol. The van der Waals surface area contributed by atoms with Gasteiger partial charge in [0.25, 0.3) is 0 Å². The molecule has 0 spiro atoms. The first-order valence-electron chi connectivity index (χ1n) is 19.0. The van der Waals surface area contributed by atoms with Crippen LogP contribution in [0.2, 0.25) is 0 Å². The van der Waals surface area contributed by atoms with Gasteiger partial charge in [-0.3, -0.25) is 18.6 Å². The largest absolute Gasteiger partial charge is 0.472 e. The number of likely N-dealkylation sites (N-methyl/N-ethyl adjacent to an activating group) is 1. The summed E-state index contributed by atoms with van der Waals surface area (Å²) in [6, 6.07) is 0. The zero-order valence-corrected chi connectivity index (χ0v) is 33.0. The zero-order valence-electron chi connectivity index (χ0n) is 32.1. The molecule has 9 nitrogen and oxygen atoms in total. The third kappa shape index (κ3) is 35.5. The molecule has 0 heterocycles. The van der Waals surface area contributed by atoms with Crippen LogP contribution in [0.5, 0.6) is 0 Å². The molecule has 0 aromatic rings. The van der Waals surface area contributed by atoms with E-state index in [-0.39, 0.29) is 26.1 Å². The summed E-state index contributed by atoms with van der Waals surface area (Å²) >= 11 is 0. The minimum atomic E-state index is -4.39. The first-order chi connectivity index (χ1) is 24.0. The van der Waals surface area contributed by atoms with Crippen molar-refractivity contribution in [2.45, 2.75) is 136 Å². The molecule has 0 aliphatic rings. The number of rotatable bonds is 33. The minimum absolute atomic E-state index is 0.0170. The van der Waals surface area contributed by atoms with Crippen molar-refractivity contribution >= 4 is 19.8 Å². The van der Waals surface area contributed by atoms with Crippen molar-refractivity contribution in [3.63, 3.8) is 0 Å². The first kappa shape index (κ1) is 47.7. The summed E-state index contributed by atoms with van der Waals surface area (Å²) in [5.41, 5.74) is 0. The van der Waals surface area contributed by atoms with Gasteiger partial charge < -0.3 is 18.9 Å². The lowest BCUT2D eigenvalue weighted by molar-refractivity contribution is -0.870. The van der Waals surface area contributed by atoms with Crippen LogP contribution in [0.3, 0.4) is 0 Å². The van der Waals surface area contributed by atoms with E-state index >= 15 is 0 Å². The molecule has 10 heteroatoms. The number of unbranched alkanes of at least 4 members (excludes halogenated alkanes) is 11. The molecule has 0 aliphatic carbocycles. The average Bonchev–Trinajstić information content (AvgIpc) is 3.06. The van der Waals surface area contributed by atoms with Crippen molar-refractivity contribution in [2.24, 2.45) is 0 Å². The van der Waals surface area contributed by atoms with E-state index in [1.54, 1.807) is 0 Å². The van der Waals surface area contributed by atoms with E-state index in [4.69, 9.17) is 18.5 Å². The minimum Gasteiger partial charge on any atom is -0.462 e. The molecule has 288 valence electrons. The van der Waals surface area contributed by atoms with Crippen LogP contribution in [0.4, 0.5) is 0 Å². The van der Waals surface area contributed by atoms with Gasteiger partial charge >= 0.3 is 19.8 Å². The van der Waals surface area contributed by atoms with E-state index in [9.17, 15) is 19.0 Å². The second-order valence-electron chi connectivity index (χ2n) is 13.6. The molecule has 0 aromatic heterocycles. The van der Waals surface area contributed by atoms with Gasteiger partial charge in [-0.1, -0.05) is 126 Å². The van der Waals surface area contributed by atoms with Crippen LogP contribution < -0.4 is 0 Å². The lowest BCUT2D eigenvalue weighted by Gasteiger charge is -2.24. The summed E-state index contributed by atoms with van der Waals surface area (Å²) in [4.78, 5) is 35.1. The van der Waals surface area contributed by atoms with Crippen molar-refractivity contribution in [1.29, 1.82) is 0 Å². The number of carbonyl (C=O) groups excluding carboxylic acids is 2. The molecule has 0 aromatic carbocycles. The highest BCUT2D eigenvalue weighted by molar-refractivity contribution is 7.47. The predicted octanol–water partition coefficient (Wildman–Crippen LogP) is 10.1. The second-order valence-corrected chi connectivity index (χ2v) is 15.1. The fraction of sp³-hybridized carbons (Fsp3) is 0.700. The Morgan fingerprint density at radius 1 is 0.660 bits per heavy atom. The summed E-state index contributed by atoms with van der Waals surface area (Å²) in [6.45, 7) is 4.15. The number of allylic oxidation sites excluding steroid dienone is 10. The summed E-state index contributed by atoms with van der Waals surface area (Å²) in [5.74, 6) is -0.910. The van der Waals surface area contributed by atoms with Crippen molar-refractivity contribution < 1.29 is 42.1 Å². The van der Waals surface area contributed by atoms with Gasteiger partial charge in [0.05, 0.1) is 27.7 Å². The van der Waals surface area contributed by atoms with Crippen LogP contribution in [0, 0.1) is 0 Å². The molecule has 0 saturated carbocycles. The molecule has 0 saturated heterocycles. The summed E-state index contributed by atoms with van der Waals surface area (Å²) in [7, 11) is 1.42. The van der Waals surface area contributed by atoms with Crippen LogP contribution in [-0.4, -0.2) is 74.9 Å². The van der Waals surface area contributed by atoms with Gasteiger partial charge in [0.15, 0.2) is 6.10 Å². The number of hydrogen-bond donors (Lipinski definition) is 1. The first-order valence-corrected chi connectivity index (χ1v) is 20.5. The van der Waals surface area contributed by atoms with E-state index in [1.807, 2.05) is 51.5 Å². The maximum atomic E-state index is 12.6. The monoisotopic (exact) mass is 724 g/mol. The van der Waals surface area contributed by atoms with E-state index < -0.39 is 32.5 Å².